The SMILES string of the molecule is COc1ccc(C(=O)[C@@H]2[C@H](c3ccc(-c4ccc(Br)cc4)o3)NC(=O)N[C@]2(O)C(F)(F)F)cc1. The number of halogens is 4. The Bertz CT molecular complexity index is 1210. The predicted octanol–water partition coefficient (Wildman–Crippen LogP) is 4.82. The third-order valence-electron chi connectivity index (χ3n) is 5.53. The molecule has 1 aliphatic rings. The van der Waals surface area contributed by atoms with Crippen molar-refractivity contribution in [2.75, 3.05) is 7.11 Å². The Labute approximate surface area is 200 Å². The summed E-state index contributed by atoms with van der Waals surface area (Å²) in [5, 5.41) is 14.5. The van der Waals surface area contributed by atoms with Crippen LogP contribution in [0.25, 0.3) is 11.3 Å². The fraction of sp³-hybridized carbons (Fsp3) is 0.217. The average Bonchev–Trinajstić information content (AvgIpc) is 3.28. The lowest BCUT2D eigenvalue weighted by Gasteiger charge is -2.44. The quantitative estimate of drug-likeness (QED) is 0.404. The van der Waals surface area contributed by atoms with Gasteiger partial charge >= 0.3 is 12.2 Å². The molecule has 3 atom stereocenters. The summed E-state index contributed by atoms with van der Waals surface area (Å²) in [5.41, 5.74) is -3.34. The van der Waals surface area contributed by atoms with Gasteiger partial charge in [-0.3, -0.25) is 4.79 Å². The Balaban J connectivity index is 1.79. The van der Waals surface area contributed by atoms with Gasteiger partial charge in [0.2, 0.25) is 5.72 Å². The Morgan fingerprint density at radius 3 is 2.32 bits per heavy atom. The molecule has 11 heteroatoms. The Hall–Kier alpha value is -3.31. The fourth-order valence-corrected chi connectivity index (χ4v) is 4.06. The monoisotopic (exact) mass is 538 g/mol. The molecule has 3 aromatic rings. The van der Waals surface area contributed by atoms with Gasteiger partial charge in [0, 0.05) is 15.6 Å². The molecule has 1 aliphatic heterocycles. The van der Waals surface area contributed by atoms with Crippen molar-refractivity contribution in [1.82, 2.24) is 10.6 Å². The van der Waals surface area contributed by atoms with Crippen LogP contribution in [-0.4, -0.2) is 35.9 Å². The highest BCUT2D eigenvalue weighted by Crippen LogP contribution is 2.44. The minimum absolute atomic E-state index is 0.115. The highest BCUT2D eigenvalue weighted by molar-refractivity contribution is 9.10. The second-order valence-corrected chi connectivity index (χ2v) is 8.54. The predicted molar refractivity (Wildman–Crippen MR) is 118 cm³/mol. The van der Waals surface area contributed by atoms with Crippen LogP contribution in [0.15, 0.2) is 69.6 Å². The molecule has 2 amide bonds. The summed E-state index contributed by atoms with van der Waals surface area (Å²) in [5.74, 6) is -2.67. The van der Waals surface area contributed by atoms with Crippen LogP contribution in [0.5, 0.6) is 5.75 Å². The lowest BCUT2D eigenvalue weighted by molar-refractivity contribution is -0.288. The number of urea groups is 1. The molecule has 178 valence electrons. The minimum atomic E-state index is -5.36. The van der Waals surface area contributed by atoms with Crippen LogP contribution in [0.2, 0.25) is 0 Å². The van der Waals surface area contributed by atoms with E-state index in [9.17, 15) is 27.9 Å². The van der Waals surface area contributed by atoms with Crippen molar-refractivity contribution >= 4 is 27.7 Å². The molecule has 0 aliphatic carbocycles. The van der Waals surface area contributed by atoms with Crippen molar-refractivity contribution < 1.29 is 37.0 Å². The molecular formula is C23H18BrF3N2O5. The Kier molecular flexibility index (Phi) is 6.17. The normalized spacial score (nSPS) is 22.6. The maximum Gasteiger partial charge on any atom is 0.437 e. The van der Waals surface area contributed by atoms with Gasteiger partial charge in [-0.05, 0) is 48.5 Å². The molecule has 1 aromatic heterocycles. The molecule has 0 bridgehead atoms. The van der Waals surface area contributed by atoms with Crippen LogP contribution in [-0.2, 0) is 0 Å². The maximum atomic E-state index is 14.0. The number of methoxy groups -OCH3 is 1. The highest BCUT2D eigenvalue weighted by Gasteiger charge is 2.66. The first-order chi connectivity index (χ1) is 16.0. The number of hydrogen-bond donors (Lipinski definition) is 3. The zero-order valence-corrected chi connectivity index (χ0v) is 19.1. The lowest BCUT2D eigenvalue weighted by atomic mass is 9.79. The number of Topliss-reactive ketones (excluding diaryl/α,β-unsaturated/α-hetero) is 1. The number of ether oxygens (including phenoxy) is 1. The van der Waals surface area contributed by atoms with Gasteiger partial charge in [-0.1, -0.05) is 28.1 Å². The molecule has 2 heterocycles. The number of benzene rings is 2. The summed E-state index contributed by atoms with van der Waals surface area (Å²) in [6.07, 6.45) is -5.36. The second kappa shape index (κ2) is 8.80. The number of hydrogen-bond acceptors (Lipinski definition) is 5. The molecule has 0 radical (unpaired) electrons. The van der Waals surface area contributed by atoms with Gasteiger partial charge in [-0.15, -0.1) is 0 Å². The van der Waals surface area contributed by atoms with Crippen molar-refractivity contribution in [2.24, 2.45) is 5.92 Å². The standard InChI is InChI=1S/C23H18BrF3N2O5/c1-33-15-8-4-13(5-9-15)20(30)18-19(28-21(31)29-22(18,32)23(25,26)27)17-11-10-16(34-17)12-2-6-14(24)7-3-12/h2-11,18-19,32H,1H3,(H2,28,29,31)/t18-,19-,22+/m0/s1. The largest absolute Gasteiger partial charge is 0.497 e. The molecule has 7 nitrogen and oxygen atoms in total. The summed E-state index contributed by atoms with van der Waals surface area (Å²) in [7, 11) is 1.40. The topological polar surface area (TPSA) is 101 Å². The van der Waals surface area contributed by atoms with Crippen LogP contribution < -0.4 is 15.4 Å². The van der Waals surface area contributed by atoms with E-state index in [0.717, 1.165) is 4.47 Å². The Morgan fingerprint density at radius 2 is 1.74 bits per heavy atom. The second-order valence-electron chi connectivity index (χ2n) is 7.62. The molecular weight excluding hydrogens is 521 g/mol. The van der Waals surface area contributed by atoms with Gasteiger partial charge in [-0.2, -0.15) is 13.2 Å². The Morgan fingerprint density at radius 1 is 1.09 bits per heavy atom. The van der Waals surface area contributed by atoms with E-state index >= 15 is 0 Å². The van der Waals surface area contributed by atoms with E-state index in [0.29, 0.717) is 17.1 Å². The molecule has 0 saturated carbocycles. The maximum absolute atomic E-state index is 14.0. The van der Waals surface area contributed by atoms with Crippen LogP contribution in [0.3, 0.4) is 0 Å². The summed E-state index contributed by atoms with van der Waals surface area (Å²) >= 11 is 3.31. The first kappa shape index (κ1) is 23.8. The van der Waals surface area contributed by atoms with Gasteiger partial charge in [0.15, 0.2) is 5.78 Å². The van der Waals surface area contributed by atoms with E-state index in [-0.39, 0.29) is 11.3 Å². The summed E-state index contributed by atoms with van der Waals surface area (Å²) in [4.78, 5) is 25.5. The van der Waals surface area contributed by atoms with Gasteiger partial charge in [-0.25, -0.2) is 4.79 Å². The number of carbonyl (C=O) groups is 2. The minimum Gasteiger partial charge on any atom is -0.497 e. The number of rotatable bonds is 5. The number of aliphatic hydroxyl groups is 1. The molecule has 0 spiro atoms. The first-order valence-electron chi connectivity index (χ1n) is 9.95. The molecule has 34 heavy (non-hydrogen) atoms. The fourth-order valence-electron chi connectivity index (χ4n) is 3.80. The molecule has 1 saturated heterocycles. The van der Waals surface area contributed by atoms with Crippen molar-refractivity contribution in [3.63, 3.8) is 0 Å². The summed E-state index contributed by atoms with van der Waals surface area (Å²) < 4.78 is 53.7. The first-order valence-corrected chi connectivity index (χ1v) is 10.7. The zero-order chi connectivity index (χ0) is 24.7. The third kappa shape index (κ3) is 4.28. The van der Waals surface area contributed by atoms with Gasteiger partial charge < -0.3 is 24.9 Å². The van der Waals surface area contributed by atoms with Crippen LogP contribution in [0, 0.1) is 5.92 Å². The van der Waals surface area contributed by atoms with E-state index in [1.165, 1.54) is 48.8 Å². The van der Waals surface area contributed by atoms with E-state index in [1.807, 2.05) is 0 Å². The smallest absolute Gasteiger partial charge is 0.437 e. The summed E-state index contributed by atoms with van der Waals surface area (Å²) in [6, 6.07) is 12.3. The average molecular weight is 539 g/mol. The number of amides is 2. The number of furan rings is 1. The zero-order valence-electron chi connectivity index (χ0n) is 17.5. The number of nitrogens with one attached hydrogen (secondary N) is 2. The van der Waals surface area contributed by atoms with Crippen molar-refractivity contribution in [3.8, 4) is 17.1 Å². The van der Waals surface area contributed by atoms with Gasteiger partial charge in [0.1, 0.15) is 29.2 Å². The molecule has 1 fully saturated rings. The van der Waals surface area contributed by atoms with Crippen molar-refractivity contribution in [1.29, 1.82) is 0 Å². The molecule has 3 N–H and O–H groups in total. The lowest BCUT2D eigenvalue weighted by Crippen LogP contribution is -2.72. The van der Waals surface area contributed by atoms with E-state index in [1.54, 1.807) is 24.3 Å². The van der Waals surface area contributed by atoms with Crippen LogP contribution in [0.1, 0.15) is 22.2 Å². The third-order valence-corrected chi connectivity index (χ3v) is 6.05. The van der Waals surface area contributed by atoms with E-state index < -0.39 is 35.7 Å². The van der Waals surface area contributed by atoms with Crippen molar-refractivity contribution in [2.45, 2.75) is 17.9 Å². The van der Waals surface area contributed by atoms with E-state index in [4.69, 9.17) is 9.15 Å². The number of carbonyl (C=O) groups excluding carboxylic acids is 2. The van der Waals surface area contributed by atoms with Crippen LogP contribution in [0.4, 0.5) is 18.0 Å². The highest BCUT2D eigenvalue weighted by atomic mass is 79.9. The molecule has 4 rings (SSSR count). The van der Waals surface area contributed by atoms with Gasteiger partial charge in [0.05, 0.1) is 7.11 Å². The number of alkyl halides is 3. The number of ketones is 1. The van der Waals surface area contributed by atoms with E-state index in [2.05, 4.69) is 21.2 Å². The molecule has 0 unspecified atom stereocenters. The summed E-state index contributed by atoms with van der Waals surface area (Å²) in [6.45, 7) is 0. The van der Waals surface area contributed by atoms with Gasteiger partial charge in [0.25, 0.3) is 0 Å². The van der Waals surface area contributed by atoms with Crippen molar-refractivity contribution in [3.05, 3.63) is 76.5 Å². The molecule has 2 aromatic carbocycles. The van der Waals surface area contributed by atoms with Crippen LogP contribution >= 0.6 is 15.9 Å².